The van der Waals surface area contributed by atoms with Crippen molar-refractivity contribution >= 4 is 0 Å². The van der Waals surface area contributed by atoms with Crippen LogP contribution in [0.25, 0.3) is 11.5 Å². The molecule has 0 spiro atoms. The molecule has 0 atom stereocenters. The first-order chi connectivity index (χ1) is 6.40. The second kappa shape index (κ2) is 3.28. The zero-order valence-corrected chi connectivity index (χ0v) is 6.68. The van der Waals surface area contributed by atoms with E-state index in [1.807, 2.05) is 0 Å². The van der Waals surface area contributed by atoms with Gasteiger partial charge in [0.2, 0.25) is 5.82 Å². The maximum absolute atomic E-state index is 8.73. The van der Waals surface area contributed by atoms with Crippen LogP contribution in [0.2, 0.25) is 0 Å². The predicted octanol–water partition coefficient (Wildman–Crippen LogP) is -0.246. The molecule has 13 heavy (non-hydrogen) atoms. The Morgan fingerprint density at radius 3 is 2.92 bits per heavy atom. The molecule has 0 amide bonds. The van der Waals surface area contributed by atoms with Gasteiger partial charge < -0.3 is 5.11 Å². The van der Waals surface area contributed by atoms with Crippen molar-refractivity contribution in [3.8, 4) is 11.5 Å². The molecular weight excluding hydrogens is 170 g/mol. The molecule has 2 rings (SSSR count). The van der Waals surface area contributed by atoms with Crippen molar-refractivity contribution in [3.05, 3.63) is 24.4 Å². The molecule has 2 aromatic heterocycles. The third-order valence-corrected chi connectivity index (χ3v) is 1.47. The molecule has 0 saturated carbocycles. The average molecular weight is 177 g/mol. The number of H-pyrrole nitrogens is 1. The Morgan fingerprint density at radius 2 is 2.31 bits per heavy atom. The number of hydrogen-bond donors (Lipinski definition) is 2. The quantitative estimate of drug-likeness (QED) is 0.660. The Morgan fingerprint density at radius 1 is 1.38 bits per heavy atom. The van der Waals surface area contributed by atoms with Crippen LogP contribution in [-0.2, 0) is 6.61 Å². The largest absolute Gasteiger partial charge is 0.388 e. The summed E-state index contributed by atoms with van der Waals surface area (Å²) in [5, 5.41) is 15.2. The van der Waals surface area contributed by atoms with Crippen LogP contribution < -0.4 is 0 Å². The topological polar surface area (TPSA) is 87.6 Å². The van der Waals surface area contributed by atoms with Crippen molar-refractivity contribution in [2.75, 3.05) is 0 Å². The minimum absolute atomic E-state index is 0.159. The van der Waals surface area contributed by atoms with E-state index in [1.165, 1.54) is 0 Å². The molecule has 0 aliphatic carbocycles. The van der Waals surface area contributed by atoms with Crippen LogP contribution in [0.4, 0.5) is 0 Å². The minimum Gasteiger partial charge on any atom is -0.388 e. The van der Waals surface area contributed by atoms with E-state index in [0.717, 1.165) is 0 Å². The molecule has 0 unspecified atom stereocenters. The predicted molar refractivity (Wildman–Crippen MR) is 43.3 cm³/mol. The van der Waals surface area contributed by atoms with Crippen LogP contribution in [0.3, 0.4) is 0 Å². The van der Waals surface area contributed by atoms with Crippen LogP contribution in [0.1, 0.15) is 5.82 Å². The summed E-state index contributed by atoms with van der Waals surface area (Å²) in [6, 6.07) is 0. The molecule has 0 aliphatic rings. The minimum atomic E-state index is -0.159. The van der Waals surface area contributed by atoms with E-state index in [2.05, 4.69) is 25.1 Å². The summed E-state index contributed by atoms with van der Waals surface area (Å²) in [6.07, 6.45) is 4.69. The van der Waals surface area contributed by atoms with Gasteiger partial charge in [-0.2, -0.15) is 5.10 Å². The third-order valence-electron chi connectivity index (χ3n) is 1.47. The van der Waals surface area contributed by atoms with Crippen molar-refractivity contribution in [2.24, 2.45) is 0 Å². The molecule has 2 aromatic rings. The maximum Gasteiger partial charge on any atom is 0.201 e. The number of nitrogens with zero attached hydrogens (tertiary/aromatic N) is 4. The van der Waals surface area contributed by atoms with Crippen LogP contribution in [0.5, 0.6) is 0 Å². The average Bonchev–Trinajstić information content (AvgIpc) is 2.67. The Balaban J connectivity index is 2.36. The third kappa shape index (κ3) is 1.52. The highest BCUT2D eigenvalue weighted by Gasteiger charge is 2.05. The number of aromatic amines is 1. The number of aliphatic hydroxyl groups is 1. The Bertz CT molecular complexity index is 385. The number of nitrogens with one attached hydrogen (secondary N) is 1. The van der Waals surface area contributed by atoms with Crippen molar-refractivity contribution in [1.29, 1.82) is 0 Å². The van der Waals surface area contributed by atoms with E-state index < -0.39 is 0 Å². The molecule has 0 fully saturated rings. The molecule has 0 aliphatic heterocycles. The van der Waals surface area contributed by atoms with Crippen LogP contribution in [-0.4, -0.2) is 30.3 Å². The highest BCUT2D eigenvalue weighted by atomic mass is 16.3. The molecule has 0 radical (unpaired) electrons. The highest BCUT2D eigenvalue weighted by Crippen LogP contribution is 2.08. The van der Waals surface area contributed by atoms with Gasteiger partial charge in [0.25, 0.3) is 0 Å². The van der Waals surface area contributed by atoms with E-state index in [4.69, 9.17) is 5.11 Å². The molecule has 6 heteroatoms. The van der Waals surface area contributed by atoms with Gasteiger partial charge in [0, 0.05) is 12.4 Å². The lowest BCUT2D eigenvalue weighted by molar-refractivity contribution is 0.272. The smallest absolute Gasteiger partial charge is 0.201 e. The summed E-state index contributed by atoms with van der Waals surface area (Å²) in [5.74, 6) is 0.859. The Labute approximate surface area is 73.7 Å². The van der Waals surface area contributed by atoms with Crippen molar-refractivity contribution in [1.82, 2.24) is 25.1 Å². The molecule has 6 nitrogen and oxygen atoms in total. The number of aromatic nitrogens is 5. The maximum atomic E-state index is 8.73. The summed E-state index contributed by atoms with van der Waals surface area (Å²) in [4.78, 5) is 11.9. The standard InChI is InChI=1S/C7H7N5O/c13-4-6-10-7(12-11-6)5-3-8-1-2-9-5/h1-3,13H,4H2,(H,10,11,12). The Hall–Kier alpha value is -1.82. The SMILES string of the molecule is OCc1nc(-c2cnccn2)n[nH]1. The first kappa shape index (κ1) is 7.81. The number of hydrogen-bond acceptors (Lipinski definition) is 5. The lowest BCUT2D eigenvalue weighted by atomic mass is 10.4. The molecular formula is C7H7N5O. The monoisotopic (exact) mass is 177 g/mol. The van der Waals surface area contributed by atoms with Gasteiger partial charge in [0.1, 0.15) is 12.3 Å². The van der Waals surface area contributed by atoms with Crippen LogP contribution in [0, 0.1) is 0 Å². The lowest BCUT2D eigenvalue weighted by Gasteiger charge is -1.89. The number of aliphatic hydroxyl groups excluding tert-OH is 1. The first-order valence-electron chi connectivity index (χ1n) is 3.68. The lowest BCUT2D eigenvalue weighted by Crippen LogP contribution is -1.87. The molecule has 0 aromatic carbocycles. The second-order valence-electron chi connectivity index (χ2n) is 2.35. The fraction of sp³-hybridized carbons (Fsp3) is 0.143. The van der Waals surface area contributed by atoms with Crippen LogP contribution in [0.15, 0.2) is 18.6 Å². The van der Waals surface area contributed by atoms with Gasteiger partial charge in [-0.15, -0.1) is 0 Å². The van der Waals surface area contributed by atoms with E-state index in [0.29, 0.717) is 17.3 Å². The van der Waals surface area contributed by atoms with Gasteiger partial charge in [-0.3, -0.25) is 10.1 Å². The normalized spacial score (nSPS) is 10.2. The number of rotatable bonds is 2. The van der Waals surface area contributed by atoms with E-state index in [1.54, 1.807) is 18.6 Å². The zero-order chi connectivity index (χ0) is 9.10. The first-order valence-corrected chi connectivity index (χ1v) is 3.68. The van der Waals surface area contributed by atoms with Gasteiger partial charge in [-0.05, 0) is 0 Å². The van der Waals surface area contributed by atoms with Crippen molar-refractivity contribution < 1.29 is 5.11 Å². The van der Waals surface area contributed by atoms with Gasteiger partial charge in [0.15, 0.2) is 5.82 Å². The van der Waals surface area contributed by atoms with Crippen LogP contribution >= 0.6 is 0 Å². The second-order valence-corrected chi connectivity index (χ2v) is 2.35. The summed E-state index contributed by atoms with van der Waals surface area (Å²) in [6.45, 7) is -0.159. The van der Waals surface area contributed by atoms with Gasteiger partial charge >= 0.3 is 0 Å². The van der Waals surface area contributed by atoms with Gasteiger partial charge in [-0.1, -0.05) is 0 Å². The summed E-state index contributed by atoms with van der Waals surface area (Å²) in [7, 11) is 0. The van der Waals surface area contributed by atoms with E-state index in [-0.39, 0.29) is 6.61 Å². The van der Waals surface area contributed by atoms with Gasteiger partial charge in [0.05, 0.1) is 6.20 Å². The molecule has 0 bridgehead atoms. The van der Waals surface area contributed by atoms with Gasteiger partial charge in [-0.25, -0.2) is 9.97 Å². The molecule has 66 valence electrons. The van der Waals surface area contributed by atoms with E-state index >= 15 is 0 Å². The zero-order valence-electron chi connectivity index (χ0n) is 6.68. The fourth-order valence-corrected chi connectivity index (χ4v) is 0.895. The summed E-state index contributed by atoms with van der Waals surface area (Å²) in [5.41, 5.74) is 0.582. The Kier molecular flexibility index (Phi) is 1.97. The van der Waals surface area contributed by atoms with E-state index in [9.17, 15) is 0 Å². The molecule has 2 N–H and O–H groups in total. The molecule has 2 heterocycles. The molecule has 0 saturated heterocycles. The summed E-state index contributed by atoms with van der Waals surface area (Å²) < 4.78 is 0. The highest BCUT2D eigenvalue weighted by molar-refractivity contribution is 5.45. The fourth-order valence-electron chi connectivity index (χ4n) is 0.895. The summed E-state index contributed by atoms with van der Waals surface area (Å²) >= 11 is 0. The van der Waals surface area contributed by atoms with Crippen molar-refractivity contribution in [2.45, 2.75) is 6.61 Å². The van der Waals surface area contributed by atoms with Crippen molar-refractivity contribution in [3.63, 3.8) is 0 Å².